The Bertz CT molecular complexity index is 544. The molecule has 1 heterocycles. The van der Waals surface area contributed by atoms with E-state index in [1.807, 2.05) is 19.9 Å². The summed E-state index contributed by atoms with van der Waals surface area (Å²) in [6, 6.07) is 8.27. The number of H-pyrrole nitrogens is 1. The van der Waals surface area contributed by atoms with E-state index in [2.05, 4.69) is 34.7 Å². The molecule has 19 heavy (non-hydrogen) atoms. The van der Waals surface area contributed by atoms with Crippen molar-refractivity contribution in [1.82, 2.24) is 10.3 Å². The van der Waals surface area contributed by atoms with Crippen molar-refractivity contribution < 1.29 is 4.79 Å². The highest BCUT2D eigenvalue weighted by Gasteiger charge is 2.10. The van der Waals surface area contributed by atoms with Gasteiger partial charge in [0.05, 0.1) is 6.04 Å². The molecule has 0 aliphatic carbocycles. The molecule has 0 bridgehead atoms. The lowest BCUT2D eigenvalue weighted by molar-refractivity contribution is -0.120. The van der Waals surface area contributed by atoms with E-state index >= 15 is 0 Å². The van der Waals surface area contributed by atoms with Gasteiger partial charge in [0.15, 0.2) is 0 Å². The highest BCUT2D eigenvalue weighted by atomic mass is 16.1. The predicted molar refractivity (Wildman–Crippen MR) is 79.4 cm³/mol. The number of Topliss-reactive ketones (excluding diaryl/α,β-unsaturated/α-hetero) is 1. The molecule has 0 radical (unpaired) electrons. The number of aromatic amines is 1. The van der Waals surface area contributed by atoms with Gasteiger partial charge in [0.2, 0.25) is 0 Å². The molecule has 102 valence electrons. The SMILES string of the molecule is CCCC(=O)C(C)NCCc1c[nH]c2ccccc12. The molecule has 0 saturated heterocycles. The standard InChI is InChI=1S/C16H22N2O/c1-3-6-16(19)12(2)17-10-9-13-11-18-15-8-5-4-7-14(13)15/h4-5,7-8,11-12,17-18H,3,6,9-10H2,1-2H3. The molecule has 0 amide bonds. The van der Waals surface area contributed by atoms with Crippen LogP contribution in [0.4, 0.5) is 0 Å². The van der Waals surface area contributed by atoms with Crippen molar-refractivity contribution in [3.05, 3.63) is 36.0 Å². The summed E-state index contributed by atoms with van der Waals surface area (Å²) in [7, 11) is 0. The molecular formula is C16H22N2O. The van der Waals surface area contributed by atoms with Gasteiger partial charge in [-0.25, -0.2) is 0 Å². The quantitative estimate of drug-likeness (QED) is 0.801. The lowest BCUT2D eigenvalue weighted by atomic mass is 10.1. The van der Waals surface area contributed by atoms with E-state index in [9.17, 15) is 4.79 Å². The molecular weight excluding hydrogens is 236 g/mol. The van der Waals surface area contributed by atoms with Crippen molar-refractivity contribution >= 4 is 16.7 Å². The zero-order chi connectivity index (χ0) is 13.7. The van der Waals surface area contributed by atoms with Crippen LogP contribution in [0.3, 0.4) is 0 Å². The van der Waals surface area contributed by atoms with Crippen LogP contribution < -0.4 is 5.32 Å². The zero-order valence-corrected chi connectivity index (χ0v) is 11.7. The molecule has 2 rings (SSSR count). The Hall–Kier alpha value is -1.61. The molecule has 0 saturated carbocycles. The van der Waals surface area contributed by atoms with Crippen molar-refractivity contribution in [1.29, 1.82) is 0 Å². The van der Waals surface area contributed by atoms with Crippen LogP contribution in [0, 0.1) is 0 Å². The first kappa shape index (κ1) is 13.8. The first-order valence-corrected chi connectivity index (χ1v) is 7.03. The Labute approximate surface area is 114 Å². The summed E-state index contributed by atoms with van der Waals surface area (Å²) in [6.45, 7) is 4.82. The predicted octanol–water partition coefficient (Wildman–Crippen LogP) is 3.06. The number of fused-ring (bicyclic) bond motifs is 1. The molecule has 3 heteroatoms. The van der Waals surface area contributed by atoms with E-state index in [0.717, 1.165) is 19.4 Å². The fourth-order valence-electron chi connectivity index (χ4n) is 2.34. The molecule has 2 N–H and O–H groups in total. The fraction of sp³-hybridized carbons (Fsp3) is 0.438. The average Bonchev–Trinajstić information content (AvgIpc) is 2.82. The van der Waals surface area contributed by atoms with E-state index in [-0.39, 0.29) is 6.04 Å². The highest BCUT2D eigenvalue weighted by Crippen LogP contribution is 2.17. The van der Waals surface area contributed by atoms with Gasteiger partial charge < -0.3 is 10.3 Å². The molecule has 1 aromatic carbocycles. The number of ketones is 1. The maximum absolute atomic E-state index is 11.7. The van der Waals surface area contributed by atoms with E-state index in [0.29, 0.717) is 12.2 Å². The van der Waals surface area contributed by atoms with E-state index in [1.165, 1.54) is 16.5 Å². The van der Waals surface area contributed by atoms with Crippen LogP contribution in [0.5, 0.6) is 0 Å². The number of rotatable bonds is 7. The van der Waals surface area contributed by atoms with E-state index < -0.39 is 0 Å². The van der Waals surface area contributed by atoms with Crippen LogP contribution in [0.25, 0.3) is 10.9 Å². The third-order valence-electron chi connectivity index (χ3n) is 3.50. The van der Waals surface area contributed by atoms with Gasteiger partial charge in [-0.15, -0.1) is 0 Å². The van der Waals surface area contributed by atoms with E-state index in [1.54, 1.807) is 0 Å². The number of benzene rings is 1. The molecule has 0 aliphatic heterocycles. The maximum atomic E-state index is 11.7. The number of aromatic nitrogens is 1. The van der Waals surface area contributed by atoms with Gasteiger partial charge in [-0.3, -0.25) is 4.79 Å². The van der Waals surface area contributed by atoms with Crippen LogP contribution in [0.1, 0.15) is 32.3 Å². The van der Waals surface area contributed by atoms with Gasteiger partial charge >= 0.3 is 0 Å². The van der Waals surface area contributed by atoms with Crippen molar-refractivity contribution in [3.8, 4) is 0 Å². The average molecular weight is 258 g/mol. The van der Waals surface area contributed by atoms with Gasteiger partial charge in [0, 0.05) is 23.5 Å². The number of para-hydroxylation sites is 1. The van der Waals surface area contributed by atoms with Gasteiger partial charge in [0.1, 0.15) is 5.78 Å². The van der Waals surface area contributed by atoms with Crippen LogP contribution in [-0.4, -0.2) is 23.4 Å². The Kier molecular flexibility index (Phi) is 4.74. The largest absolute Gasteiger partial charge is 0.361 e. The van der Waals surface area contributed by atoms with Crippen molar-refractivity contribution in [2.75, 3.05) is 6.54 Å². The minimum atomic E-state index is -0.0369. The minimum Gasteiger partial charge on any atom is -0.361 e. The van der Waals surface area contributed by atoms with Crippen molar-refractivity contribution in [2.24, 2.45) is 0 Å². The maximum Gasteiger partial charge on any atom is 0.149 e. The van der Waals surface area contributed by atoms with Crippen LogP contribution in [-0.2, 0) is 11.2 Å². The Balaban J connectivity index is 1.87. The summed E-state index contributed by atoms with van der Waals surface area (Å²) in [5.74, 6) is 0.307. The second-order valence-electron chi connectivity index (χ2n) is 5.00. The third kappa shape index (κ3) is 3.44. The molecule has 2 aromatic rings. The first-order chi connectivity index (χ1) is 9.22. The number of hydrogen-bond donors (Lipinski definition) is 2. The number of nitrogens with one attached hydrogen (secondary N) is 2. The molecule has 1 atom stereocenters. The number of carbonyl (C=O) groups is 1. The van der Waals surface area contributed by atoms with E-state index in [4.69, 9.17) is 0 Å². The second-order valence-corrected chi connectivity index (χ2v) is 5.00. The summed E-state index contributed by atoms with van der Waals surface area (Å²) in [6.07, 6.45) is 4.59. The van der Waals surface area contributed by atoms with Gasteiger partial charge in [0.25, 0.3) is 0 Å². The van der Waals surface area contributed by atoms with Crippen LogP contribution >= 0.6 is 0 Å². The van der Waals surface area contributed by atoms with Gasteiger partial charge in [-0.1, -0.05) is 25.1 Å². The van der Waals surface area contributed by atoms with Gasteiger partial charge in [-0.2, -0.15) is 0 Å². The van der Waals surface area contributed by atoms with Crippen LogP contribution in [0.15, 0.2) is 30.5 Å². The molecule has 3 nitrogen and oxygen atoms in total. The summed E-state index contributed by atoms with van der Waals surface area (Å²) in [4.78, 5) is 15.0. The second kappa shape index (κ2) is 6.53. The minimum absolute atomic E-state index is 0.0369. The highest BCUT2D eigenvalue weighted by molar-refractivity contribution is 5.84. The normalized spacial score (nSPS) is 12.7. The summed E-state index contributed by atoms with van der Waals surface area (Å²) >= 11 is 0. The molecule has 1 aromatic heterocycles. The Morgan fingerprint density at radius 2 is 2.16 bits per heavy atom. The first-order valence-electron chi connectivity index (χ1n) is 7.03. The summed E-state index contributed by atoms with van der Waals surface area (Å²) in [5, 5.41) is 4.58. The Morgan fingerprint density at radius 1 is 1.37 bits per heavy atom. The topological polar surface area (TPSA) is 44.9 Å². The number of hydrogen-bond acceptors (Lipinski definition) is 2. The lowest BCUT2D eigenvalue weighted by Crippen LogP contribution is -2.35. The third-order valence-corrected chi connectivity index (χ3v) is 3.50. The van der Waals surface area contributed by atoms with Gasteiger partial charge in [-0.05, 0) is 37.9 Å². The van der Waals surface area contributed by atoms with Crippen molar-refractivity contribution in [3.63, 3.8) is 0 Å². The molecule has 0 aliphatic rings. The fourth-order valence-corrected chi connectivity index (χ4v) is 2.34. The van der Waals surface area contributed by atoms with Crippen LogP contribution in [0.2, 0.25) is 0 Å². The smallest absolute Gasteiger partial charge is 0.149 e. The molecule has 0 fully saturated rings. The summed E-state index contributed by atoms with van der Waals surface area (Å²) < 4.78 is 0. The van der Waals surface area contributed by atoms with Crippen molar-refractivity contribution in [2.45, 2.75) is 39.2 Å². The summed E-state index contributed by atoms with van der Waals surface area (Å²) in [5.41, 5.74) is 2.48. The number of carbonyl (C=O) groups excluding carboxylic acids is 1. The zero-order valence-electron chi connectivity index (χ0n) is 11.7. The monoisotopic (exact) mass is 258 g/mol. The molecule has 1 unspecified atom stereocenters. The Morgan fingerprint density at radius 3 is 2.95 bits per heavy atom. The lowest BCUT2D eigenvalue weighted by Gasteiger charge is -2.11. The molecule has 0 spiro atoms.